The second-order valence-electron chi connectivity index (χ2n) is 7.11. The molecular weight excluding hydrogens is 341 g/mol. The normalized spacial score (nSPS) is 12.1. The third-order valence-electron chi connectivity index (χ3n) is 4.74. The van der Waals surface area contributed by atoms with E-state index in [1.165, 1.54) is 41.7 Å². The second-order valence-corrected chi connectivity index (χ2v) is 7.11. The Morgan fingerprint density at radius 1 is 1.15 bits per heavy atom. The van der Waals surface area contributed by atoms with Gasteiger partial charge in [0.25, 0.3) is 0 Å². The van der Waals surface area contributed by atoms with Crippen LogP contribution in [0.25, 0.3) is 0 Å². The number of carbonyl (C=O) groups excluding carboxylic acids is 1. The first-order valence-corrected chi connectivity index (χ1v) is 9.47. The molecule has 0 saturated carbocycles. The van der Waals surface area contributed by atoms with Gasteiger partial charge in [-0.1, -0.05) is 31.5 Å². The molecule has 0 heterocycles. The largest absolute Gasteiger partial charge is 0.336 e. The summed E-state index contributed by atoms with van der Waals surface area (Å²) < 4.78 is 13.0. The topological polar surface area (TPSA) is 44.4 Å². The van der Waals surface area contributed by atoms with Crippen LogP contribution in [0.4, 0.5) is 14.9 Å². The van der Waals surface area contributed by atoms with E-state index in [9.17, 15) is 9.18 Å². The molecule has 146 valence electrons. The number of nitrogens with zero attached hydrogens (tertiary/aromatic N) is 1. The summed E-state index contributed by atoms with van der Waals surface area (Å²) in [5, 5.41) is 5.65. The predicted molar refractivity (Wildman–Crippen MR) is 110 cm³/mol. The fourth-order valence-electron chi connectivity index (χ4n) is 3.03. The molecule has 0 saturated heterocycles. The Morgan fingerprint density at radius 3 is 2.48 bits per heavy atom. The molecule has 1 unspecified atom stereocenters. The van der Waals surface area contributed by atoms with Crippen molar-refractivity contribution in [3.05, 3.63) is 65.0 Å². The van der Waals surface area contributed by atoms with Crippen molar-refractivity contribution in [1.29, 1.82) is 0 Å². The number of aryl methyl sites for hydroxylation is 2. The second kappa shape index (κ2) is 10.1. The number of nitrogens with one attached hydrogen (secondary N) is 2. The van der Waals surface area contributed by atoms with Crippen molar-refractivity contribution in [3.8, 4) is 0 Å². The Morgan fingerprint density at radius 2 is 1.85 bits per heavy atom. The van der Waals surface area contributed by atoms with Crippen LogP contribution in [0.1, 0.15) is 42.5 Å². The van der Waals surface area contributed by atoms with Crippen LogP contribution in [0.15, 0.2) is 42.5 Å². The van der Waals surface area contributed by atoms with E-state index in [-0.39, 0.29) is 17.9 Å². The van der Waals surface area contributed by atoms with Crippen LogP contribution in [0, 0.1) is 12.7 Å². The standard InChI is InChI=1S/C22H30FN3O/c1-5-6-7-17-14-18(9-8-16(17)2)21(26(3)4)15-24-22(27)25-20-12-10-19(23)11-13-20/h8-14,21H,5-7,15H2,1-4H3,(H2,24,25,27). The number of urea groups is 1. The van der Waals surface area contributed by atoms with Gasteiger partial charge in [-0.25, -0.2) is 9.18 Å². The Hall–Kier alpha value is -2.40. The fourth-order valence-corrected chi connectivity index (χ4v) is 3.03. The highest BCUT2D eigenvalue weighted by Gasteiger charge is 2.16. The zero-order valence-corrected chi connectivity index (χ0v) is 16.7. The Bertz CT molecular complexity index is 744. The van der Waals surface area contributed by atoms with E-state index in [2.05, 4.69) is 47.6 Å². The number of rotatable bonds is 8. The summed E-state index contributed by atoms with van der Waals surface area (Å²) in [5.74, 6) is -0.327. The molecule has 0 fully saturated rings. The van der Waals surface area contributed by atoms with Crippen LogP contribution in [-0.4, -0.2) is 31.6 Å². The minimum absolute atomic E-state index is 0.0740. The molecule has 2 rings (SSSR count). The molecule has 27 heavy (non-hydrogen) atoms. The number of likely N-dealkylation sites (N-methyl/N-ethyl adjacent to an activating group) is 1. The zero-order valence-electron chi connectivity index (χ0n) is 16.7. The lowest BCUT2D eigenvalue weighted by molar-refractivity contribution is 0.243. The van der Waals surface area contributed by atoms with Crippen molar-refractivity contribution in [2.45, 2.75) is 39.2 Å². The molecule has 0 aromatic heterocycles. The molecule has 2 aromatic carbocycles. The first-order chi connectivity index (χ1) is 12.9. The number of unbranched alkanes of at least 4 members (excludes halogenated alkanes) is 1. The molecule has 0 aliphatic carbocycles. The number of halogens is 1. The maximum absolute atomic E-state index is 13.0. The number of carbonyl (C=O) groups is 1. The summed E-state index contributed by atoms with van der Waals surface area (Å²) in [4.78, 5) is 14.3. The van der Waals surface area contributed by atoms with Gasteiger partial charge in [0.2, 0.25) is 0 Å². The van der Waals surface area contributed by atoms with Gasteiger partial charge in [0.15, 0.2) is 0 Å². The van der Waals surface area contributed by atoms with Gasteiger partial charge < -0.3 is 15.5 Å². The zero-order chi connectivity index (χ0) is 19.8. The van der Waals surface area contributed by atoms with E-state index in [1.54, 1.807) is 12.1 Å². The third kappa shape index (κ3) is 6.36. The molecule has 0 radical (unpaired) electrons. The highest BCUT2D eigenvalue weighted by molar-refractivity contribution is 5.89. The molecule has 4 nitrogen and oxygen atoms in total. The summed E-state index contributed by atoms with van der Waals surface area (Å²) >= 11 is 0. The van der Waals surface area contributed by atoms with Gasteiger partial charge in [-0.2, -0.15) is 0 Å². The predicted octanol–water partition coefficient (Wildman–Crippen LogP) is 4.90. The van der Waals surface area contributed by atoms with Gasteiger partial charge in [0.1, 0.15) is 5.82 Å². The maximum atomic E-state index is 13.0. The smallest absolute Gasteiger partial charge is 0.319 e. The van der Waals surface area contributed by atoms with Gasteiger partial charge >= 0.3 is 6.03 Å². The minimum Gasteiger partial charge on any atom is -0.336 e. The van der Waals surface area contributed by atoms with Crippen LogP contribution in [0.2, 0.25) is 0 Å². The van der Waals surface area contributed by atoms with Crippen LogP contribution < -0.4 is 10.6 Å². The molecule has 0 spiro atoms. The third-order valence-corrected chi connectivity index (χ3v) is 4.74. The van der Waals surface area contributed by atoms with Crippen LogP contribution in [-0.2, 0) is 6.42 Å². The minimum atomic E-state index is -0.327. The van der Waals surface area contributed by atoms with Crippen molar-refractivity contribution in [2.75, 3.05) is 26.0 Å². The van der Waals surface area contributed by atoms with E-state index in [0.717, 1.165) is 6.42 Å². The van der Waals surface area contributed by atoms with Crippen LogP contribution in [0.3, 0.4) is 0 Å². The Labute approximate surface area is 161 Å². The lowest BCUT2D eigenvalue weighted by atomic mass is 9.96. The van der Waals surface area contributed by atoms with Crippen molar-refractivity contribution in [1.82, 2.24) is 10.2 Å². The number of hydrogen-bond donors (Lipinski definition) is 2. The summed E-state index contributed by atoms with van der Waals surface area (Å²) in [6.45, 7) is 4.83. The number of benzene rings is 2. The van der Waals surface area contributed by atoms with E-state index < -0.39 is 0 Å². The summed E-state index contributed by atoms with van der Waals surface area (Å²) in [5.41, 5.74) is 4.44. The average Bonchev–Trinajstić information content (AvgIpc) is 2.63. The molecule has 1 atom stereocenters. The number of amides is 2. The average molecular weight is 372 g/mol. The number of anilines is 1. The molecule has 2 N–H and O–H groups in total. The molecule has 0 aliphatic heterocycles. The van der Waals surface area contributed by atoms with Gasteiger partial charge in [0.05, 0.1) is 6.04 Å². The quantitative estimate of drug-likeness (QED) is 0.693. The summed E-state index contributed by atoms with van der Waals surface area (Å²) in [7, 11) is 4.02. The highest BCUT2D eigenvalue weighted by Crippen LogP contribution is 2.22. The van der Waals surface area contributed by atoms with E-state index in [0.29, 0.717) is 12.2 Å². The molecule has 0 bridgehead atoms. The monoisotopic (exact) mass is 371 g/mol. The van der Waals surface area contributed by atoms with Crippen LogP contribution >= 0.6 is 0 Å². The molecule has 2 amide bonds. The molecule has 5 heteroatoms. The maximum Gasteiger partial charge on any atom is 0.319 e. The van der Waals surface area contributed by atoms with Gasteiger partial charge in [-0.05, 0) is 74.8 Å². The molecular formula is C22H30FN3O. The summed E-state index contributed by atoms with van der Waals surface area (Å²) in [6, 6.07) is 12.1. The van der Waals surface area contributed by atoms with Crippen LogP contribution in [0.5, 0.6) is 0 Å². The first-order valence-electron chi connectivity index (χ1n) is 9.47. The lowest BCUT2D eigenvalue weighted by Gasteiger charge is -2.26. The van der Waals surface area contributed by atoms with Gasteiger partial charge in [-0.3, -0.25) is 0 Å². The van der Waals surface area contributed by atoms with E-state index in [1.807, 2.05) is 14.1 Å². The van der Waals surface area contributed by atoms with Crippen molar-refractivity contribution in [3.63, 3.8) is 0 Å². The van der Waals surface area contributed by atoms with Crippen molar-refractivity contribution >= 4 is 11.7 Å². The van der Waals surface area contributed by atoms with Crippen molar-refractivity contribution < 1.29 is 9.18 Å². The number of hydrogen-bond acceptors (Lipinski definition) is 2. The molecule has 0 aliphatic rings. The van der Waals surface area contributed by atoms with E-state index >= 15 is 0 Å². The molecule has 2 aromatic rings. The lowest BCUT2D eigenvalue weighted by Crippen LogP contribution is -2.37. The summed E-state index contributed by atoms with van der Waals surface area (Å²) in [6.07, 6.45) is 3.43. The van der Waals surface area contributed by atoms with Gasteiger partial charge in [-0.15, -0.1) is 0 Å². The first kappa shape index (κ1) is 20.9. The fraction of sp³-hybridized carbons (Fsp3) is 0.409. The van der Waals surface area contributed by atoms with Gasteiger partial charge in [0, 0.05) is 12.2 Å². The SMILES string of the molecule is CCCCc1cc(C(CNC(=O)Nc2ccc(F)cc2)N(C)C)ccc1C. The Balaban J connectivity index is 2.02. The Kier molecular flexibility index (Phi) is 7.80. The highest BCUT2D eigenvalue weighted by atomic mass is 19.1. The van der Waals surface area contributed by atoms with E-state index in [4.69, 9.17) is 0 Å². The van der Waals surface area contributed by atoms with Crippen molar-refractivity contribution in [2.24, 2.45) is 0 Å².